The molecule has 0 unspecified atom stereocenters. The van der Waals surface area contributed by atoms with Crippen LogP contribution in [0.25, 0.3) is 11.3 Å². The van der Waals surface area contributed by atoms with Crippen LogP contribution in [0.3, 0.4) is 0 Å². The summed E-state index contributed by atoms with van der Waals surface area (Å²) in [5.41, 5.74) is 1.08. The van der Waals surface area contributed by atoms with Gasteiger partial charge in [-0.15, -0.1) is 0 Å². The number of carbonyl (C=O) groups excluding carboxylic acids is 2. The van der Waals surface area contributed by atoms with Crippen molar-refractivity contribution in [3.05, 3.63) is 52.8 Å². The number of halogens is 1. The molecule has 13 heteroatoms. The Morgan fingerprint density at radius 1 is 1.26 bits per heavy atom. The first-order valence-corrected chi connectivity index (χ1v) is 13.4. The molecule has 220 valence electrons. The Morgan fingerprint density at radius 3 is 2.64 bits per heavy atom. The molecule has 2 aromatic heterocycles. The summed E-state index contributed by atoms with van der Waals surface area (Å²) in [5.74, 6) is 0.0643. The number of aliphatic hydroxyl groups is 1. The smallest absolute Gasteiger partial charge is 0.414 e. The van der Waals surface area contributed by atoms with Crippen LogP contribution in [-0.4, -0.2) is 76.4 Å². The molecule has 1 aliphatic heterocycles. The fourth-order valence-corrected chi connectivity index (χ4v) is 4.49. The van der Waals surface area contributed by atoms with E-state index in [0.29, 0.717) is 33.2 Å². The Hall–Kier alpha value is -4.47. The molecule has 3 aromatic rings. The molecule has 0 saturated carbocycles. The van der Waals surface area contributed by atoms with Crippen molar-refractivity contribution in [3.63, 3.8) is 0 Å². The maximum atomic E-state index is 13.1. The average Bonchev–Trinajstić information content (AvgIpc) is 3.24. The van der Waals surface area contributed by atoms with Gasteiger partial charge >= 0.3 is 6.09 Å². The predicted molar refractivity (Wildman–Crippen MR) is 157 cm³/mol. The lowest BCUT2D eigenvalue weighted by Crippen LogP contribution is -2.40. The Labute approximate surface area is 248 Å². The van der Waals surface area contributed by atoms with Crippen molar-refractivity contribution in [2.75, 3.05) is 44.1 Å². The van der Waals surface area contributed by atoms with E-state index < -0.39 is 17.1 Å². The SMILES string of the molecule is CN(C)C(=O)COc1ncc(Cl)cc1Nc1nccc(-c2cc(C#N)c3c(c2)[C@@](C)(CO)CN3C(=O)OC(C)(C)C)n1. The Morgan fingerprint density at radius 2 is 2.00 bits per heavy atom. The highest BCUT2D eigenvalue weighted by Crippen LogP contribution is 2.45. The molecule has 3 heterocycles. The second kappa shape index (κ2) is 11.8. The minimum absolute atomic E-state index is 0.133. The van der Waals surface area contributed by atoms with Gasteiger partial charge in [-0.25, -0.2) is 19.7 Å². The summed E-state index contributed by atoms with van der Waals surface area (Å²) in [5, 5.41) is 23.8. The van der Waals surface area contributed by atoms with Crippen LogP contribution in [0.5, 0.6) is 5.88 Å². The number of ether oxygens (including phenoxy) is 2. The number of pyridine rings is 1. The number of nitrogens with zero attached hydrogens (tertiary/aromatic N) is 6. The molecule has 4 rings (SSSR count). The number of rotatable bonds is 7. The van der Waals surface area contributed by atoms with Crippen LogP contribution in [0.4, 0.5) is 22.1 Å². The van der Waals surface area contributed by atoms with Crippen molar-refractivity contribution >= 4 is 40.9 Å². The van der Waals surface area contributed by atoms with Gasteiger partial charge < -0.3 is 24.8 Å². The molecule has 0 radical (unpaired) electrons. The highest BCUT2D eigenvalue weighted by atomic mass is 35.5. The second-order valence-electron chi connectivity index (χ2n) is 11.3. The van der Waals surface area contributed by atoms with Crippen molar-refractivity contribution < 1.29 is 24.2 Å². The van der Waals surface area contributed by atoms with E-state index in [1.807, 2.05) is 13.0 Å². The Bertz CT molecular complexity index is 1570. The molecule has 0 saturated heterocycles. The van der Waals surface area contributed by atoms with Crippen molar-refractivity contribution in [2.45, 2.75) is 38.7 Å². The van der Waals surface area contributed by atoms with E-state index >= 15 is 0 Å². The number of nitrogens with one attached hydrogen (secondary N) is 1. The maximum absolute atomic E-state index is 13.1. The average molecular weight is 594 g/mol. The lowest BCUT2D eigenvalue weighted by Gasteiger charge is -2.26. The molecule has 0 bridgehead atoms. The van der Waals surface area contributed by atoms with Gasteiger partial charge in [0.05, 0.1) is 28.6 Å². The molecule has 0 spiro atoms. The number of hydrogen-bond donors (Lipinski definition) is 2. The molecular weight excluding hydrogens is 562 g/mol. The van der Waals surface area contributed by atoms with Gasteiger partial charge in [0.2, 0.25) is 11.8 Å². The summed E-state index contributed by atoms with van der Waals surface area (Å²) in [6.45, 7) is 6.77. The molecule has 1 atom stereocenters. The zero-order chi connectivity index (χ0) is 30.8. The minimum Gasteiger partial charge on any atom is -0.466 e. The van der Waals surface area contributed by atoms with Crippen LogP contribution in [-0.2, 0) is 14.9 Å². The van der Waals surface area contributed by atoms with Gasteiger partial charge in [0, 0.05) is 44.0 Å². The number of benzene rings is 1. The highest BCUT2D eigenvalue weighted by Gasteiger charge is 2.44. The molecule has 42 heavy (non-hydrogen) atoms. The predicted octanol–water partition coefficient (Wildman–Crippen LogP) is 4.28. The summed E-state index contributed by atoms with van der Waals surface area (Å²) >= 11 is 6.16. The fraction of sp³-hybridized carbons (Fsp3) is 0.379. The van der Waals surface area contributed by atoms with E-state index in [-0.39, 0.29) is 43.1 Å². The van der Waals surface area contributed by atoms with Gasteiger partial charge in [-0.1, -0.05) is 18.5 Å². The second-order valence-corrected chi connectivity index (χ2v) is 11.7. The van der Waals surface area contributed by atoms with Gasteiger partial charge in [-0.3, -0.25) is 9.69 Å². The quantitative estimate of drug-likeness (QED) is 0.405. The number of aromatic nitrogens is 3. The molecular formula is C29H32ClN7O5. The number of fused-ring (bicyclic) bond motifs is 1. The summed E-state index contributed by atoms with van der Waals surface area (Å²) in [4.78, 5) is 41.0. The van der Waals surface area contributed by atoms with E-state index in [1.54, 1.807) is 53.1 Å². The van der Waals surface area contributed by atoms with E-state index in [9.17, 15) is 20.0 Å². The minimum atomic E-state index is -0.843. The van der Waals surface area contributed by atoms with Gasteiger partial charge in [0.1, 0.15) is 17.4 Å². The van der Waals surface area contributed by atoms with E-state index in [1.165, 1.54) is 22.2 Å². The first kappa shape index (κ1) is 30.5. The summed E-state index contributed by atoms with van der Waals surface area (Å²) in [7, 11) is 3.24. The number of anilines is 3. The lowest BCUT2D eigenvalue weighted by atomic mass is 9.83. The van der Waals surface area contributed by atoms with Crippen molar-refractivity contribution in [1.29, 1.82) is 5.26 Å². The van der Waals surface area contributed by atoms with Gasteiger partial charge in [0.25, 0.3) is 5.91 Å². The maximum Gasteiger partial charge on any atom is 0.414 e. The van der Waals surface area contributed by atoms with Crippen LogP contribution in [0.15, 0.2) is 36.7 Å². The van der Waals surface area contributed by atoms with Crippen molar-refractivity contribution in [2.24, 2.45) is 0 Å². The monoisotopic (exact) mass is 593 g/mol. The third kappa shape index (κ3) is 6.53. The number of amides is 2. The number of hydrogen-bond acceptors (Lipinski definition) is 10. The third-order valence-corrected chi connectivity index (χ3v) is 6.67. The molecule has 12 nitrogen and oxygen atoms in total. The van der Waals surface area contributed by atoms with Gasteiger partial charge in [-0.2, -0.15) is 5.26 Å². The van der Waals surface area contributed by atoms with Crippen LogP contribution in [0.2, 0.25) is 5.02 Å². The number of likely N-dealkylation sites (N-methyl/N-ethyl adjacent to an activating group) is 1. The zero-order valence-electron chi connectivity index (χ0n) is 24.2. The van der Waals surface area contributed by atoms with Gasteiger partial charge in [-0.05, 0) is 50.6 Å². The van der Waals surface area contributed by atoms with Crippen molar-refractivity contribution in [1.82, 2.24) is 19.9 Å². The summed E-state index contributed by atoms with van der Waals surface area (Å²) in [6, 6.07) is 8.87. The van der Waals surface area contributed by atoms with E-state index in [4.69, 9.17) is 21.1 Å². The lowest BCUT2D eigenvalue weighted by molar-refractivity contribution is -0.130. The first-order chi connectivity index (χ1) is 19.7. The summed E-state index contributed by atoms with van der Waals surface area (Å²) < 4.78 is 11.2. The third-order valence-electron chi connectivity index (χ3n) is 6.47. The normalized spacial score (nSPS) is 15.9. The Kier molecular flexibility index (Phi) is 8.56. The highest BCUT2D eigenvalue weighted by molar-refractivity contribution is 6.30. The summed E-state index contributed by atoms with van der Waals surface area (Å²) in [6.07, 6.45) is 2.33. The number of aliphatic hydroxyl groups excluding tert-OH is 1. The first-order valence-electron chi connectivity index (χ1n) is 13.0. The molecule has 1 aliphatic rings. The van der Waals surface area contributed by atoms with Crippen LogP contribution < -0.4 is 15.0 Å². The molecule has 2 amide bonds. The standard InChI is InChI=1S/C29H32ClN7O5/c1-28(2,3)42-27(40)37-15-29(4,16-38)20-10-17(9-18(12-31)24(20)37)21-7-8-32-26(34-21)35-22-11-19(30)13-33-25(22)41-14-23(39)36(5)6/h7-11,13,38H,14-16H2,1-6H3,(H,32,34,35)/t29-/m1/s1. The topological polar surface area (TPSA) is 154 Å². The molecule has 1 aromatic carbocycles. The van der Waals surface area contributed by atoms with Crippen LogP contribution in [0, 0.1) is 11.3 Å². The molecule has 0 fully saturated rings. The number of carbonyl (C=O) groups is 2. The van der Waals surface area contributed by atoms with Crippen LogP contribution >= 0.6 is 11.6 Å². The van der Waals surface area contributed by atoms with Gasteiger partial charge in [0.15, 0.2) is 6.61 Å². The largest absolute Gasteiger partial charge is 0.466 e. The molecule has 2 N–H and O–H groups in total. The van der Waals surface area contributed by atoms with Crippen LogP contribution in [0.1, 0.15) is 38.8 Å². The number of nitriles is 1. The molecule has 0 aliphatic carbocycles. The van der Waals surface area contributed by atoms with E-state index in [0.717, 1.165) is 0 Å². The fourth-order valence-electron chi connectivity index (χ4n) is 4.33. The van der Waals surface area contributed by atoms with Crippen molar-refractivity contribution in [3.8, 4) is 23.2 Å². The Balaban J connectivity index is 1.70. The zero-order valence-corrected chi connectivity index (χ0v) is 25.0. The van der Waals surface area contributed by atoms with E-state index in [2.05, 4.69) is 26.3 Å².